The van der Waals surface area contributed by atoms with E-state index < -0.39 is 6.04 Å². The smallest absolute Gasteiger partial charge is 0.252 e. The molecule has 0 saturated heterocycles. The summed E-state index contributed by atoms with van der Waals surface area (Å²) in [5, 5.41) is 27.6. The molecule has 0 aliphatic heterocycles. The van der Waals surface area contributed by atoms with Gasteiger partial charge in [0.25, 0.3) is 5.91 Å². The Morgan fingerprint density at radius 2 is 1.97 bits per heavy atom. The summed E-state index contributed by atoms with van der Waals surface area (Å²) in [6.45, 7) is 0.144. The Kier molecular flexibility index (Phi) is 5.84. The van der Waals surface area contributed by atoms with Crippen molar-refractivity contribution in [1.82, 2.24) is 35.1 Å². The molecule has 0 saturated carbocycles. The summed E-state index contributed by atoms with van der Waals surface area (Å²) in [5.74, 6) is -0.278. The fraction of sp³-hybridized carbons (Fsp3) is 0.160. The average Bonchev–Trinajstić information content (AvgIpc) is 3.51. The molecule has 2 aromatic carbocycles. The minimum atomic E-state index is -0.561. The number of hydrogen-bond acceptors (Lipinski definition) is 6. The van der Waals surface area contributed by atoms with Crippen LogP contribution in [-0.2, 0) is 13.6 Å². The Morgan fingerprint density at radius 1 is 1.09 bits per heavy atom. The van der Waals surface area contributed by atoms with E-state index in [9.17, 15) is 9.90 Å². The molecule has 0 fully saturated rings. The second-order valence-corrected chi connectivity index (χ2v) is 7.98. The van der Waals surface area contributed by atoms with Gasteiger partial charge in [0.2, 0.25) is 0 Å². The highest BCUT2D eigenvalue weighted by atomic mass is 16.3. The predicted octanol–water partition coefficient (Wildman–Crippen LogP) is 2.74. The van der Waals surface area contributed by atoms with Crippen molar-refractivity contribution >= 4 is 16.7 Å². The van der Waals surface area contributed by atoms with Gasteiger partial charge in [-0.1, -0.05) is 35.5 Å². The first kappa shape index (κ1) is 21.5. The minimum absolute atomic E-state index is 0.234. The number of aliphatic hydroxyl groups is 1. The van der Waals surface area contributed by atoms with E-state index in [1.165, 1.54) is 0 Å². The molecule has 1 unspecified atom stereocenters. The lowest BCUT2D eigenvalue weighted by Gasteiger charge is -2.18. The Labute approximate surface area is 195 Å². The van der Waals surface area contributed by atoms with Gasteiger partial charge in [0, 0.05) is 42.2 Å². The maximum absolute atomic E-state index is 13.1. The van der Waals surface area contributed by atoms with Gasteiger partial charge in [0.15, 0.2) is 0 Å². The molecule has 0 aliphatic carbocycles. The molecule has 9 nitrogen and oxygen atoms in total. The summed E-state index contributed by atoms with van der Waals surface area (Å²) in [6, 6.07) is 16.6. The molecular weight excluding hydrogens is 430 g/mol. The molecule has 9 heteroatoms. The third kappa shape index (κ3) is 4.28. The first-order chi connectivity index (χ1) is 16.6. The molecule has 1 atom stereocenters. The largest absolute Gasteiger partial charge is 0.394 e. The number of carbonyl (C=O) groups is 1. The summed E-state index contributed by atoms with van der Waals surface area (Å²) in [5.41, 5.74) is 3.73. The zero-order valence-electron chi connectivity index (χ0n) is 18.5. The fourth-order valence-corrected chi connectivity index (χ4v) is 3.98. The maximum atomic E-state index is 13.1. The average molecular weight is 454 g/mol. The van der Waals surface area contributed by atoms with Crippen molar-refractivity contribution < 1.29 is 9.90 Å². The number of aryl methyl sites for hydroxylation is 1. The third-order valence-corrected chi connectivity index (χ3v) is 5.77. The number of amides is 1. The van der Waals surface area contributed by atoms with E-state index in [1.54, 1.807) is 40.9 Å². The van der Waals surface area contributed by atoms with Crippen molar-refractivity contribution in [2.24, 2.45) is 7.05 Å². The van der Waals surface area contributed by atoms with Gasteiger partial charge in [-0.05, 0) is 35.2 Å². The van der Waals surface area contributed by atoms with E-state index >= 15 is 0 Å². The summed E-state index contributed by atoms with van der Waals surface area (Å²) in [4.78, 5) is 17.2. The molecular formula is C25H23N7O2. The lowest BCUT2D eigenvalue weighted by molar-refractivity contribution is 0.0912. The van der Waals surface area contributed by atoms with E-state index in [0.29, 0.717) is 12.1 Å². The summed E-state index contributed by atoms with van der Waals surface area (Å²) in [7, 11) is 1.77. The highest BCUT2D eigenvalue weighted by Crippen LogP contribution is 2.22. The van der Waals surface area contributed by atoms with Crippen molar-refractivity contribution in [1.29, 1.82) is 0 Å². The number of rotatable bonds is 7. The molecule has 3 aromatic heterocycles. The number of fused-ring (bicyclic) bond motifs is 1. The predicted molar refractivity (Wildman–Crippen MR) is 127 cm³/mol. The van der Waals surface area contributed by atoms with Crippen LogP contribution in [0.3, 0.4) is 0 Å². The molecule has 170 valence electrons. The van der Waals surface area contributed by atoms with E-state index in [2.05, 4.69) is 31.8 Å². The number of pyridine rings is 1. The topological polar surface area (TPSA) is 111 Å². The van der Waals surface area contributed by atoms with Crippen LogP contribution in [0.1, 0.15) is 27.7 Å². The van der Waals surface area contributed by atoms with Gasteiger partial charge in [-0.2, -0.15) is 5.10 Å². The van der Waals surface area contributed by atoms with Crippen LogP contribution in [0.4, 0.5) is 0 Å². The van der Waals surface area contributed by atoms with E-state index in [1.807, 2.05) is 48.8 Å². The van der Waals surface area contributed by atoms with E-state index in [0.717, 1.165) is 33.3 Å². The molecule has 0 radical (unpaired) electrons. The number of nitrogens with zero attached hydrogens (tertiary/aromatic N) is 6. The molecule has 5 aromatic rings. The molecule has 5 rings (SSSR count). The van der Waals surface area contributed by atoms with Gasteiger partial charge in [-0.3, -0.25) is 14.5 Å². The number of aromatic nitrogens is 6. The number of nitrogens with one attached hydrogen (secondary N) is 1. The fourth-order valence-electron chi connectivity index (χ4n) is 3.98. The molecule has 34 heavy (non-hydrogen) atoms. The second-order valence-electron chi connectivity index (χ2n) is 7.98. The molecule has 3 heterocycles. The van der Waals surface area contributed by atoms with E-state index in [4.69, 9.17) is 0 Å². The highest BCUT2D eigenvalue weighted by molar-refractivity contribution is 5.96. The first-order valence-electron chi connectivity index (χ1n) is 10.8. The molecule has 2 N–H and O–H groups in total. The van der Waals surface area contributed by atoms with Gasteiger partial charge >= 0.3 is 0 Å². The van der Waals surface area contributed by atoms with Crippen LogP contribution >= 0.6 is 0 Å². The summed E-state index contributed by atoms with van der Waals surface area (Å²) in [6.07, 6.45) is 7.09. The van der Waals surface area contributed by atoms with Crippen LogP contribution in [0.5, 0.6) is 0 Å². The normalized spacial score (nSPS) is 12.1. The number of benzene rings is 2. The highest BCUT2D eigenvalue weighted by Gasteiger charge is 2.20. The van der Waals surface area contributed by atoms with Gasteiger partial charge < -0.3 is 10.4 Å². The molecule has 0 aliphatic rings. The van der Waals surface area contributed by atoms with Crippen molar-refractivity contribution in [3.05, 3.63) is 96.2 Å². The number of carbonyl (C=O) groups excluding carboxylic acids is 1. The molecule has 1 amide bonds. The summed E-state index contributed by atoms with van der Waals surface area (Å²) >= 11 is 0. The quantitative estimate of drug-likeness (QED) is 0.392. The monoisotopic (exact) mass is 453 g/mol. The number of hydrogen-bond donors (Lipinski definition) is 2. The van der Waals surface area contributed by atoms with Crippen LogP contribution in [0.2, 0.25) is 0 Å². The van der Waals surface area contributed by atoms with Crippen LogP contribution in [0, 0.1) is 0 Å². The summed E-state index contributed by atoms with van der Waals surface area (Å²) < 4.78 is 3.34. The molecule has 0 spiro atoms. The van der Waals surface area contributed by atoms with Gasteiger partial charge in [0.1, 0.15) is 5.69 Å². The van der Waals surface area contributed by atoms with Crippen molar-refractivity contribution in [3.63, 3.8) is 0 Å². The van der Waals surface area contributed by atoms with Crippen molar-refractivity contribution in [2.45, 2.75) is 12.6 Å². The van der Waals surface area contributed by atoms with E-state index in [-0.39, 0.29) is 12.5 Å². The molecule has 0 bridgehead atoms. The Hall–Kier alpha value is -4.37. The maximum Gasteiger partial charge on any atom is 0.252 e. The zero-order valence-corrected chi connectivity index (χ0v) is 18.5. The van der Waals surface area contributed by atoms with Crippen LogP contribution in [0.15, 0.2) is 79.4 Å². The van der Waals surface area contributed by atoms with Gasteiger partial charge in [0.05, 0.1) is 31.1 Å². The van der Waals surface area contributed by atoms with Crippen LogP contribution in [0.25, 0.3) is 22.0 Å². The zero-order chi connectivity index (χ0) is 23.5. The Balaban J connectivity index is 1.36. The van der Waals surface area contributed by atoms with Crippen molar-refractivity contribution in [2.75, 3.05) is 6.61 Å². The SMILES string of the molecule is Cn1nccc1C(CO)NC(=O)c1ccccc1Cn1cc(-c2ccc3cnccc3c2)nn1. The Morgan fingerprint density at radius 3 is 2.79 bits per heavy atom. The standard InChI is InChI=1S/C25H23N7O2/c1-31-24(9-11-27-31)23(16-33)28-25(34)21-5-3-2-4-20(21)14-32-15-22(29-30-32)18-6-7-19-13-26-10-8-17(19)12-18/h2-13,15,23,33H,14,16H2,1H3,(H,28,34). The Bertz CT molecular complexity index is 1460. The van der Waals surface area contributed by atoms with Gasteiger partial charge in [-0.25, -0.2) is 4.68 Å². The lowest BCUT2D eigenvalue weighted by Crippen LogP contribution is -2.32. The van der Waals surface area contributed by atoms with Crippen LogP contribution < -0.4 is 5.32 Å². The van der Waals surface area contributed by atoms with Gasteiger partial charge in [-0.15, -0.1) is 5.10 Å². The second kappa shape index (κ2) is 9.24. The third-order valence-electron chi connectivity index (χ3n) is 5.77. The minimum Gasteiger partial charge on any atom is -0.394 e. The number of aliphatic hydroxyl groups excluding tert-OH is 1. The first-order valence-corrected chi connectivity index (χ1v) is 10.8. The van der Waals surface area contributed by atoms with Crippen molar-refractivity contribution in [3.8, 4) is 11.3 Å². The lowest BCUT2D eigenvalue weighted by atomic mass is 10.1. The van der Waals surface area contributed by atoms with Crippen LogP contribution in [-0.4, -0.2) is 47.4 Å².